The van der Waals surface area contributed by atoms with E-state index in [9.17, 15) is 14.4 Å². The lowest BCUT2D eigenvalue weighted by atomic mass is 10.0. The van der Waals surface area contributed by atoms with Gasteiger partial charge in [0, 0.05) is 19.3 Å². The van der Waals surface area contributed by atoms with Gasteiger partial charge in [-0.05, 0) is 25.2 Å². The van der Waals surface area contributed by atoms with Gasteiger partial charge in [0.05, 0.1) is 0 Å². The molecule has 0 amide bonds. The molecule has 52 heavy (non-hydrogen) atoms. The molecule has 0 aromatic rings. The topological polar surface area (TPSA) is 78.9 Å². The molecule has 0 fully saturated rings. The molecular weight excluding hydrogens is 648 g/mol. The Kier molecular flexibility index (Phi) is 39.4. The Bertz CT molecular complexity index is 781. The molecule has 0 bridgehead atoms. The van der Waals surface area contributed by atoms with Crippen molar-refractivity contribution in [3.05, 3.63) is 0 Å². The van der Waals surface area contributed by atoms with Crippen molar-refractivity contribution in [2.45, 2.75) is 259 Å². The molecule has 0 unspecified atom stereocenters. The van der Waals surface area contributed by atoms with Crippen molar-refractivity contribution >= 4 is 17.9 Å². The van der Waals surface area contributed by atoms with Crippen LogP contribution in [0.5, 0.6) is 0 Å². The fraction of sp³-hybridized carbons (Fsp3) is 0.935. The summed E-state index contributed by atoms with van der Waals surface area (Å²) < 4.78 is 16.7. The third-order valence-corrected chi connectivity index (χ3v) is 10.3. The Balaban J connectivity index is 4.31. The number of rotatable bonds is 41. The molecule has 0 saturated carbocycles. The molecule has 0 rings (SSSR count). The molecule has 0 aromatic carbocycles. The zero-order valence-corrected chi connectivity index (χ0v) is 35.3. The molecule has 0 N–H and O–H groups in total. The molecule has 308 valence electrons. The summed E-state index contributed by atoms with van der Waals surface area (Å²) in [6.45, 7) is 8.97. The average Bonchev–Trinajstić information content (AvgIpc) is 3.12. The molecule has 0 radical (unpaired) electrons. The first-order chi connectivity index (χ1) is 25.4. The third-order valence-electron chi connectivity index (χ3n) is 10.3. The van der Waals surface area contributed by atoms with Gasteiger partial charge in [0.15, 0.2) is 6.10 Å². The van der Waals surface area contributed by atoms with Gasteiger partial charge in [0.2, 0.25) is 0 Å². The molecule has 0 saturated heterocycles. The van der Waals surface area contributed by atoms with Crippen LogP contribution in [0.3, 0.4) is 0 Å². The van der Waals surface area contributed by atoms with Crippen molar-refractivity contribution in [2.75, 3.05) is 13.2 Å². The van der Waals surface area contributed by atoms with Crippen LogP contribution < -0.4 is 0 Å². The Morgan fingerprint density at radius 1 is 0.365 bits per heavy atom. The van der Waals surface area contributed by atoms with Crippen LogP contribution in [0.2, 0.25) is 0 Å². The standard InChI is InChI=1S/C46H88O6/c1-5-7-9-11-13-15-17-22-26-30-34-38-45(48)51-41-43(40-50-44(47)37-33-29-25-20-14-12-10-8-6-2)52-46(49)39-35-31-27-23-19-16-18-21-24-28-32-36-42(3)4/h42-43H,5-41H2,1-4H3/t43-/m0/s1. The van der Waals surface area contributed by atoms with Crippen LogP contribution in [0.1, 0.15) is 252 Å². The minimum absolute atomic E-state index is 0.0638. The number of unbranched alkanes of at least 4 members (excludes halogenated alkanes) is 28. The SMILES string of the molecule is CCCCCCCCCCCCCC(=O)OC[C@H](COC(=O)CCCCCCCCCCC)OC(=O)CCCCCCCCCCCCCC(C)C. The molecular formula is C46H88O6. The fourth-order valence-electron chi connectivity index (χ4n) is 6.80. The van der Waals surface area contributed by atoms with Crippen LogP contribution in [-0.4, -0.2) is 37.2 Å². The van der Waals surface area contributed by atoms with E-state index in [2.05, 4.69) is 27.7 Å². The van der Waals surface area contributed by atoms with Crippen molar-refractivity contribution in [3.8, 4) is 0 Å². The van der Waals surface area contributed by atoms with E-state index >= 15 is 0 Å². The number of carbonyl (C=O) groups excluding carboxylic acids is 3. The maximum absolute atomic E-state index is 12.7. The zero-order valence-electron chi connectivity index (χ0n) is 35.3. The number of hydrogen-bond acceptors (Lipinski definition) is 6. The summed E-state index contributed by atoms with van der Waals surface area (Å²) >= 11 is 0. The number of hydrogen-bond donors (Lipinski definition) is 0. The summed E-state index contributed by atoms with van der Waals surface area (Å²) in [6, 6.07) is 0. The second kappa shape index (κ2) is 40.6. The zero-order chi connectivity index (χ0) is 38.2. The summed E-state index contributed by atoms with van der Waals surface area (Å²) in [5.74, 6) is -0.0316. The highest BCUT2D eigenvalue weighted by Gasteiger charge is 2.19. The van der Waals surface area contributed by atoms with E-state index in [1.807, 2.05) is 0 Å². The lowest BCUT2D eigenvalue weighted by molar-refractivity contribution is -0.167. The Morgan fingerprint density at radius 2 is 0.635 bits per heavy atom. The predicted octanol–water partition coefficient (Wildman–Crippen LogP) is 14.3. The lowest BCUT2D eigenvalue weighted by Gasteiger charge is -2.18. The highest BCUT2D eigenvalue weighted by atomic mass is 16.6. The molecule has 0 aliphatic heterocycles. The van der Waals surface area contributed by atoms with Crippen molar-refractivity contribution in [3.63, 3.8) is 0 Å². The summed E-state index contributed by atoms with van der Waals surface area (Å²) in [4.78, 5) is 37.6. The summed E-state index contributed by atoms with van der Waals surface area (Å²) in [7, 11) is 0. The number of ether oxygens (including phenoxy) is 3. The average molecular weight is 737 g/mol. The van der Waals surface area contributed by atoms with Gasteiger partial charge in [-0.2, -0.15) is 0 Å². The number of carbonyl (C=O) groups is 3. The highest BCUT2D eigenvalue weighted by molar-refractivity contribution is 5.71. The Morgan fingerprint density at radius 3 is 0.942 bits per heavy atom. The van der Waals surface area contributed by atoms with Crippen LogP contribution in [-0.2, 0) is 28.6 Å². The maximum Gasteiger partial charge on any atom is 0.306 e. The van der Waals surface area contributed by atoms with Gasteiger partial charge in [-0.1, -0.05) is 214 Å². The van der Waals surface area contributed by atoms with E-state index in [0.717, 1.165) is 63.7 Å². The van der Waals surface area contributed by atoms with Crippen molar-refractivity contribution < 1.29 is 28.6 Å². The molecule has 0 heterocycles. The van der Waals surface area contributed by atoms with E-state index in [1.54, 1.807) is 0 Å². The van der Waals surface area contributed by atoms with E-state index < -0.39 is 6.10 Å². The van der Waals surface area contributed by atoms with Crippen LogP contribution >= 0.6 is 0 Å². The summed E-state index contributed by atoms with van der Waals surface area (Å²) in [6.07, 6.45) is 39.4. The predicted molar refractivity (Wildman–Crippen MR) is 220 cm³/mol. The largest absolute Gasteiger partial charge is 0.462 e. The highest BCUT2D eigenvalue weighted by Crippen LogP contribution is 2.16. The van der Waals surface area contributed by atoms with Gasteiger partial charge in [-0.25, -0.2) is 0 Å². The second-order valence-corrected chi connectivity index (χ2v) is 16.2. The van der Waals surface area contributed by atoms with Gasteiger partial charge >= 0.3 is 17.9 Å². The maximum atomic E-state index is 12.7. The van der Waals surface area contributed by atoms with Crippen LogP contribution in [0, 0.1) is 5.92 Å². The van der Waals surface area contributed by atoms with Gasteiger partial charge in [0.1, 0.15) is 13.2 Å². The summed E-state index contributed by atoms with van der Waals surface area (Å²) in [5.41, 5.74) is 0. The first kappa shape index (κ1) is 50.4. The molecule has 1 atom stereocenters. The molecule has 6 heteroatoms. The van der Waals surface area contributed by atoms with Crippen LogP contribution in [0.4, 0.5) is 0 Å². The van der Waals surface area contributed by atoms with Gasteiger partial charge in [0.25, 0.3) is 0 Å². The van der Waals surface area contributed by atoms with E-state index in [1.165, 1.54) is 148 Å². The second-order valence-electron chi connectivity index (χ2n) is 16.2. The monoisotopic (exact) mass is 737 g/mol. The van der Waals surface area contributed by atoms with Gasteiger partial charge in [-0.15, -0.1) is 0 Å². The Labute approximate surface area is 323 Å². The van der Waals surface area contributed by atoms with Crippen LogP contribution in [0.15, 0.2) is 0 Å². The molecule has 0 aliphatic rings. The van der Waals surface area contributed by atoms with Crippen molar-refractivity contribution in [1.82, 2.24) is 0 Å². The number of esters is 3. The minimum atomic E-state index is -0.758. The minimum Gasteiger partial charge on any atom is -0.462 e. The van der Waals surface area contributed by atoms with Crippen molar-refractivity contribution in [1.29, 1.82) is 0 Å². The molecule has 0 aromatic heterocycles. The first-order valence-electron chi connectivity index (χ1n) is 22.9. The van der Waals surface area contributed by atoms with Crippen LogP contribution in [0.25, 0.3) is 0 Å². The normalized spacial score (nSPS) is 11.9. The third kappa shape index (κ3) is 39.6. The molecule has 0 spiro atoms. The first-order valence-corrected chi connectivity index (χ1v) is 22.9. The molecule has 0 aliphatic carbocycles. The van der Waals surface area contributed by atoms with Crippen molar-refractivity contribution in [2.24, 2.45) is 5.92 Å². The van der Waals surface area contributed by atoms with Gasteiger partial charge in [-0.3, -0.25) is 14.4 Å². The van der Waals surface area contributed by atoms with E-state index in [0.29, 0.717) is 19.3 Å². The molecule has 6 nitrogen and oxygen atoms in total. The van der Waals surface area contributed by atoms with E-state index in [-0.39, 0.29) is 31.1 Å². The quantitative estimate of drug-likeness (QED) is 0.0353. The smallest absolute Gasteiger partial charge is 0.306 e. The van der Waals surface area contributed by atoms with Gasteiger partial charge < -0.3 is 14.2 Å². The summed E-state index contributed by atoms with van der Waals surface area (Å²) in [5, 5.41) is 0. The lowest BCUT2D eigenvalue weighted by Crippen LogP contribution is -2.30. The van der Waals surface area contributed by atoms with E-state index in [4.69, 9.17) is 14.2 Å². The Hall–Kier alpha value is -1.59. The fourth-order valence-corrected chi connectivity index (χ4v) is 6.80.